The first-order valence-corrected chi connectivity index (χ1v) is 11.6. The Kier molecular flexibility index (Phi) is 6.34. The Labute approximate surface area is 181 Å². The third-order valence-electron chi connectivity index (χ3n) is 5.31. The van der Waals surface area contributed by atoms with Crippen molar-refractivity contribution in [2.75, 3.05) is 5.32 Å². The highest BCUT2D eigenvalue weighted by Crippen LogP contribution is 2.34. The number of nitrogens with one attached hydrogen (secondary N) is 1. The van der Waals surface area contributed by atoms with Gasteiger partial charge in [-0.15, -0.1) is 11.3 Å². The summed E-state index contributed by atoms with van der Waals surface area (Å²) in [4.78, 5) is 28.8. The number of carbonyl (C=O) groups is 2. The number of fused-ring (bicyclic) bond motifs is 1. The Morgan fingerprint density at radius 2 is 1.97 bits per heavy atom. The molecular formula is C22H21FN2O3S2. The maximum atomic E-state index is 13.3. The molecule has 3 aromatic rings. The van der Waals surface area contributed by atoms with Gasteiger partial charge in [-0.2, -0.15) is 0 Å². The molecule has 1 heterocycles. The molecule has 0 radical (unpaired) electrons. The van der Waals surface area contributed by atoms with Crippen LogP contribution in [0.4, 0.5) is 10.1 Å². The second kappa shape index (κ2) is 9.14. The fourth-order valence-electron chi connectivity index (χ4n) is 3.79. The number of carboxylic acid groups (broad SMARTS) is 1. The molecule has 0 aliphatic heterocycles. The Morgan fingerprint density at radius 1 is 1.17 bits per heavy atom. The van der Waals surface area contributed by atoms with Crippen LogP contribution >= 0.6 is 23.1 Å². The second-order valence-electron chi connectivity index (χ2n) is 7.41. The molecule has 1 saturated carbocycles. The summed E-state index contributed by atoms with van der Waals surface area (Å²) in [5, 5.41) is 12.3. The molecule has 0 spiro atoms. The van der Waals surface area contributed by atoms with Crippen LogP contribution in [0.25, 0.3) is 10.2 Å². The molecule has 5 nitrogen and oxygen atoms in total. The molecule has 2 N–H and O–H groups in total. The molecule has 0 saturated heterocycles. The van der Waals surface area contributed by atoms with Crippen molar-refractivity contribution in [3.8, 4) is 0 Å². The smallest absolute Gasteiger partial charge is 0.307 e. The lowest BCUT2D eigenvalue weighted by Crippen LogP contribution is -2.36. The Morgan fingerprint density at radius 3 is 2.73 bits per heavy atom. The van der Waals surface area contributed by atoms with Gasteiger partial charge in [0.05, 0.1) is 22.1 Å². The summed E-state index contributed by atoms with van der Waals surface area (Å²) in [6, 6.07) is 12.0. The van der Waals surface area contributed by atoms with Crippen molar-refractivity contribution in [3.63, 3.8) is 0 Å². The zero-order valence-corrected chi connectivity index (χ0v) is 17.8. The highest BCUT2D eigenvalue weighted by atomic mass is 32.2. The number of thiazole rings is 1. The largest absolute Gasteiger partial charge is 0.481 e. The molecule has 1 aliphatic carbocycles. The van der Waals surface area contributed by atoms with Gasteiger partial charge in [-0.3, -0.25) is 9.59 Å². The zero-order chi connectivity index (χ0) is 21.1. The minimum atomic E-state index is -0.896. The van der Waals surface area contributed by atoms with Gasteiger partial charge < -0.3 is 10.4 Å². The summed E-state index contributed by atoms with van der Waals surface area (Å²) in [6.07, 6.45) is 2.88. The number of anilines is 1. The second-order valence-corrected chi connectivity index (χ2v) is 9.66. The molecule has 2 aromatic carbocycles. The molecule has 1 fully saturated rings. The molecule has 1 aliphatic rings. The van der Waals surface area contributed by atoms with Gasteiger partial charge >= 0.3 is 5.97 Å². The number of aromatic nitrogens is 1. The lowest BCUT2D eigenvalue weighted by Gasteiger charge is -2.27. The van der Waals surface area contributed by atoms with Crippen LogP contribution in [0.1, 0.15) is 31.2 Å². The van der Waals surface area contributed by atoms with Crippen molar-refractivity contribution in [3.05, 3.63) is 53.8 Å². The van der Waals surface area contributed by atoms with E-state index in [2.05, 4.69) is 10.3 Å². The van der Waals surface area contributed by atoms with Gasteiger partial charge in [0.25, 0.3) is 0 Å². The fourth-order valence-corrected chi connectivity index (χ4v) is 5.84. The number of aliphatic carboxylic acids is 1. The van der Waals surface area contributed by atoms with Crippen molar-refractivity contribution in [2.45, 2.75) is 35.8 Å². The monoisotopic (exact) mass is 444 g/mol. The average molecular weight is 445 g/mol. The first-order valence-electron chi connectivity index (χ1n) is 9.81. The molecule has 156 valence electrons. The van der Waals surface area contributed by atoms with E-state index in [1.807, 2.05) is 18.2 Å². The van der Waals surface area contributed by atoms with E-state index in [-0.39, 0.29) is 11.7 Å². The first kappa shape index (κ1) is 20.8. The SMILES string of the molecule is O=C(O)C1CCCCC1C(=O)Nc1ccc2nc(SCc3cccc(F)c3)sc2c1. The van der Waals surface area contributed by atoms with Crippen LogP contribution in [-0.2, 0) is 15.3 Å². The van der Waals surface area contributed by atoms with Crippen LogP contribution in [0, 0.1) is 17.7 Å². The Bertz CT molecular complexity index is 1090. The van der Waals surface area contributed by atoms with Gasteiger partial charge in [0, 0.05) is 11.4 Å². The molecule has 8 heteroatoms. The van der Waals surface area contributed by atoms with Crippen LogP contribution in [-0.4, -0.2) is 22.0 Å². The number of halogens is 1. The summed E-state index contributed by atoms with van der Waals surface area (Å²) in [7, 11) is 0. The maximum Gasteiger partial charge on any atom is 0.307 e. The molecule has 4 rings (SSSR count). The van der Waals surface area contributed by atoms with E-state index < -0.39 is 17.8 Å². The third-order valence-corrected chi connectivity index (χ3v) is 7.54. The number of amides is 1. The van der Waals surface area contributed by atoms with Crippen molar-refractivity contribution in [1.29, 1.82) is 0 Å². The highest BCUT2D eigenvalue weighted by molar-refractivity contribution is 8.00. The van der Waals surface area contributed by atoms with Crippen LogP contribution in [0.5, 0.6) is 0 Å². The molecular weight excluding hydrogens is 423 g/mol. The normalized spacial score (nSPS) is 19.0. The van der Waals surface area contributed by atoms with Crippen molar-refractivity contribution >= 4 is 50.9 Å². The maximum absolute atomic E-state index is 13.3. The van der Waals surface area contributed by atoms with E-state index in [0.717, 1.165) is 33.0 Å². The van der Waals surface area contributed by atoms with Crippen LogP contribution in [0.2, 0.25) is 0 Å². The van der Waals surface area contributed by atoms with Gasteiger partial charge in [0.15, 0.2) is 4.34 Å². The number of hydrogen-bond acceptors (Lipinski definition) is 5. The summed E-state index contributed by atoms with van der Waals surface area (Å²) in [5.74, 6) is -1.86. The number of carboxylic acids is 1. The summed E-state index contributed by atoms with van der Waals surface area (Å²) < 4.78 is 15.1. The van der Waals surface area contributed by atoms with Gasteiger partial charge in [-0.25, -0.2) is 9.37 Å². The van der Waals surface area contributed by atoms with Crippen molar-refractivity contribution < 1.29 is 19.1 Å². The number of carbonyl (C=O) groups excluding carboxylic acids is 1. The summed E-state index contributed by atoms with van der Waals surface area (Å²) >= 11 is 3.06. The number of benzene rings is 2. The van der Waals surface area contributed by atoms with E-state index in [0.29, 0.717) is 24.3 Å². The van der Waals surface area contributed by atoms with E-state index in [4.69, 9.17) is 0 Å². The molecule has 2 atom stereocenters. The number of hydrogen-bond donors (Lipinski definition) is 2. The van der Waals surface area contributed by atoms with Crippen LogP contribution in [0.15, 0.2) is 46.8 Å². The van der Waals surface area contributed by atoms with Crippen LogP contribution < -0.4 is 5.32 Å². The molecule has 30 heavy (non-hydrogen) atoms. The molecule has 2 unspecified atom stereocenters. The zero-order valence-electron chi connectivity index (χ0n) is 16.1. The number of thioether (sulfide) groups is 1. The van der Waals surface area contributed by atoms with Gasteiger partial charge in [-0.1, -0.05) is 36.7 Å². The summed E-state index contributed by atoms with van der Waals surface area (Å²) in [5.41, 5.74) is 2.38. The van der Waals surface area contributed by atoms with E-state index in [1.165, 1.54) is 23.5 Å². The molecule has 1 amide bonds. The highest BCUT2D eigenvalue weighted by Gasteiger charge is 2.35. The van der Waals surface area contributed by atoms with Crippen molar-refractivity contribution in [2.24, 2.45) is 11.8 Å². The van der Waals surface area contributed by atoms with Crippen LogP contribution in [0.3, 0.4) is 0 Å². The predicted octanol–water partition coefficient (Wildman–Crippen LogP) is 5.56. The first-order chi connectivity index (χ1) is 14.5. The van der Waals surface area contributed by atoms with Crippen molar-refractivity contribution in [1.82, 2.24) is 4.98 Å². The molecule has 0 bridgehead atoms. The van der Waals surface area contributed by atoms with Gasteiger partial charge in [0.2, 0.25) is 5.91 Å². The van der Waals surface area contributed by atoms with E-state index in [9.17, 15) is 19.1 Å². The van der Waals surface area contributed by atoms with E-state index >= 15 is 0 Å². The minimum absolute atomic E-state index is 0.230. The topological polar surface area (TPSA) is 79.3 Å². The average Bonchev–Trinajstić information content (AvgIpc) is 3.14. The minimum Gasteiger partial charge on any atom is -0.481 e. The van der Waals surface area contributed by atoms with Gasteiger partial charge in [0.1, 0.15) is 5.82 Å². The number of rotatable bonds is 6. The lowest BCUT2D eigenvalue weighted by molar-refractivity contribution is -0.147. The van der Waals surface area contributed by atoms with Gasteiger partial charge in [-0.05, 0) is 48.7 Å². The predicted molar refractivity (Wildman–Crippen MR) is 117 cm³/mol. The Balaban J connectivity index is 1.44. The Hall–Kier alpha value is -2.45. The quantitative estimate of drug-likeness (QED) is 0.487. The standard InChI is InChI=1S/C22H21FN2O3S2/c23-14-5-3-4-13(10-14)12-29-22-25-18-9-8-15(11-19(18)30-22)24-20(26)16-6-1-2-7-17(16)21(27)28/h3-5,8-11,16-17H,1-2,6-7,12H2,(H,24,26)(H,27,28). The third kappa shape index (κ3) is 4.82. The summed E-state index contributed by atoms with van der Waals surface area (Å²) in [6.45, 7) is 0. The fraction of sp³-hybridized carbons (Fsp3) is 0.318. The van der Waals surface area contributed by atoms with E-state index in [1.54, 1.807) is 23.9 Å². The molecule has 1 aromatic heterocycles. The lowest BCUT2D eigenvalue weighted by atomic mass is 9.78. The number of nitrogens with zero attached hydrogens (tertiary/aromatic N) is 1.